The summed E-state index contributed by atoms with van der Waals surface area (Å²) >= 11 is 3.33. The predicted molar refractivity (Wildman–Crippen MR) is 100 cm³/mol. The molecule has 25 heavy (non-hydrogen) atoms. The standard InChI is InChI=1S/C20H23BrO4/c1-2-5-14(12-19(24)20-8-4-11-25-20)6-3-7-17(22)16-13-15(21)9-10-18(16)23/h3-4,8-11,13,17,19,22-24H,2,5,7,12H2,1H3/t6?,17-,19-/m1/s1. The number of phenolic OH excluding ortho intramolecular Hbond substituents is 1. The van der Waals surface area contributed by atoms with Gasteiger partial charge >= 0.3 is 0 Å². The van der Waals surface area contributed by atoms with E-state index in [9.17, 15) is 15.3 Å². The second-order valence-corrected chi connectivity index (χ2v) is 6.81. The molecule has 0 spiro atoms. The van der Waals surface area contributed by atoms with E-state index in [1.165, 1.54) is 0 Å². The van der Waals surface area contributed by atoms with Gasteiger partial charge in [0.2, 0.25) is 0 Å². The van der Waals surface area contributed by atoms with Gasteiger partial charge in [0, 0.05) is 22.9 Å². The Labute approximate surface area is 156 Å². The molecule has 1 aromatic carbocycles. The highest BCUT2D eigenvalue weighted by Gasteiger charge is 2.13. The Hall–Kier alpha value is -1.78. The normalized spacial score (nSPS) is 13.1. The van der Waals surface area contributed by atoms with Crippen molar-refractivity contribution < 1.29 is 19.7 Å². The van der Waals surface area contributed by atoms with Crippen LogP contribution in [0.5, 0.6) is 5.75 Å². The Kier molecular flexibility index (Phi) is 7.53. The van der Waals surface area contributed by atoms with Crippen LogP contribution in [0.4, 0.5) is 0 Å². The number of rotatable bonds is 8. The number of hydrogen-bond donors (Lipinski definition) is 3. The summed E-state index contributed by atoms with van der Waals surface area (Å²) in [7, 11) is 0. The lowest BCUT2D eigenvalue weighted by Crippen LogP contribution is -1.98. The molecular weight excluding hydrogens is 384 g/mol. The highest BCUT2D eigenvalue weighted by atomic mass is 79.9. The van der Waals surface area contributed by atoms with Crippen molar-refractivity contribution in [2.45, 2.75) is 44.8 Å². The van der Waals surface area contributed by atoms with E-state index < -0.39 is 12.2 Å². The molecule has 134 valence electrons. The van der Waals surface area contributed by atoms with Crippen LogP contribution in [0.25, 0.3) is 0 Å². The van der Waals surface area contributed by atoms with Crippen molar-refractivity contribution in [1.82, 2.24) is 0 Å². The Bertz CT molecular complexity index is 730. The number of benzene rings is 1. The molecule has 0 radical (unpaired) electrons. The van der Waals surface area contributed by atoms with E-state index >= 15 is 0 Å². The number of furan rings is 1. The average molecular weight is 407 g/mol. The molecule has 0 amide bonds. The van der Waals surface area contributed by atoms with Crippen molar-refractivity contribution in [3.05, 3.63) is 69.8 Å². The van der Waals surface area contributed by atoms with Gasteiger partial charge in [-0.1, -0.05) is 29.3 Å². The highest BCUT2D eigenvalue weighted by molar-refractivity contribution is 9.10. The molecule has 0 saturated carbocycles. The molecule has 0 aliphatic rings. The summed E-state index contributed by atoms with van der Waals surface area (Å²) in [6, 6.07) is 8.46. The monoisotopic (exact) mass is 406 g/mol. The topological polar surface area (TPSA) is 73.8 Å². The molecule has 0 bridgehead atoms. The molecule has 5 heteroatoms. The van der Waals surface area contributed by atoms with Gasteiger partial charge in [0.1, 0.15) is 17.6 Å². The second-order valence-electron chi connectivity index (χ2n) is 5.89. The summed E-state index contributed by atoms with van der Waals surface area (Å²) in [5, 5.41) is 30.3. The molecule has 3 N–H and O–H groups in total. The molecule has 0 unspecified atom stereocenters. The van der Waals surface area contributed by atoms with E-state index in [1.807, 2.05) is 0 Å². The highest BCUT2D eigenvalue weighted by Crippen LogP contribution is 2.29. The first-order valence-corrected chi connectivity index (χ1v) is 9.11. The first-order chi connectivity index (χ1) is 12.0. The minimum Gasteiger partial charge on any atom is -0.508 e. The van der Waals surface area contributed by atoms with Crippen LogP contribution >= 0.6 is 15.9 Å². The maximum absolute atomic E-state index is 10.3. The van der Waals surface area contributed by atoms with Crippen molar-refractivity contribution in [3.63, 3.8) is 0 Å². The molecule has 1 aromatic heterocycles. The van der Waals surface area contributed by atoms with Crippen LogP contribution in [0.15, 0.2) is 62.9 Å². The van der Waals surface area contributed by atoms with Crippen LogP contribution in [-0.2, 0) is 0 Å². The fourth-order valence-corrected chi connectivity index (χ4v) is 2.96. The Morgan fingerprint density at radius 3 is 2.76 bits per heavy atom. The second kappa shape index (κ2) is 9.64. The van der Waals surface area contributed by atoms with Crippen LogP contribution in [0.1, 0.15) is 56.1 Å². The molecular formula is C20H23BrO4. The zero-order chi connectivity index (χ0) is 18.2. The summed E-state index contributed by atoms with van der Waals surface area (Å²) < 4.78 is 6.02. The SMILES string of the molecule is CCCC(=C=CC[C@@H](O)c1cc(Br)ccc1O)C[C@@H](O)c1ccco1. The molecule has 0 aliphatic heterocycles. The van der Waals surface area contributed by atoms with E-state index in [4.69, 9.17) is 4.42 Å². The van der Waals surface area contributed by atoms with E-state index in [0.29, 0.717) is 24.2 Å². The molecule has 2 rings (SSSR count). The van der Waals surface area contributed by atoms with Gasteiger partial charge in [-0.2, -0.15) is 0 Å². The smallest absolute Gasteiger partial charge is 0.132 e. The first kappa shape index (κ1) is 19.5. The maximum atomic E-state index is 10.3. The summed E-state index contributed by atoms with van der Waals surface area (Å²) in [4.78, 5) is 0. The predicted octanol–water partition coefficient (Wildman–Crippen LogP) is 5.18. The van der Waals surface area contributed by atoms with Gasteiger partial charge in [-0.15, -0.1) is 5.73 Å². The number of hydrogen-bond acceptors (Lipinski definition) is 4. The average Bonchev–Trinajstić information content (AvgIpc) is 3.11. The van der Waals surface area contributed by atoms with E-state index in [1.54, 1.807) is 42.7 Å². The lowest BCUT2D eigenvalue weighted by Gasteiger charge is -2.11. The van der Waals surface area contributed by atoms with Crippen molar-refractivity contribution in [3.8, 4) is 5.75 Å². The lowest BCUT2D eigenvalue weighted by atomic mass is 10.0. The van der Waals surface area contributed by atoms with Gasteiger partial charge in [0.05, 0.1) is 12.4 Å². The lowest BCUT2D eigenvalue weighted by molar-refractivity contribution is 0.149. The molecule has 2 aromatic rings. The van der Waals surface area contributed by atoms with E-state index in [2.05, 4.69) is 28.6 Å². The zero-order valence-corrected chi connectivity index (χ0v) is 15.7. The summed E-state index contributed by atoms with van der Waals surface area (Å²) in [5.41, 5.74) is 4.63. The quantitative estimate of drug-likeness (QED) is 0.528. The summed E-state index contributed by atoms with van der Waals surface area (Å²) in [5.74, 6) is 0.601. The van der Waals surface area contributed by atoms with Gasteiger partial charge in [-0.3, -0.25) is 0 Å². The van der Waals surface area contributed by atoms with Gasteiger partial charge in [-0.25, -0.2) is 0 Å². The van der Waals surface area contributed by atoms with Crippen LogP contribution in [0.2, 0.25) is 0 Å². The van der Waals surface area contributed by atoms with Gasteiger partial charge in [-0.05, 0) is 48.4 Å². The van der Waals surface area contributed by atoms with Crippen LogP contribution in [0.3, 0.4) is 0 Å². The van der Waals surface area contributed by atoms with Gasteiger partial charge < -0.3 is 19.7 Å². The molecule has 4 nitrogen and oxygen atoms in total. The number of phenols is 1. The minimum absolute atomic E-state index is 0.0649. The Morgan fingerprint density at radius 1 is 1.28 bits per heavy atom. The molecule has 0 fully saturated rings. The largest absolute Gasteiger partial charge is 0.508 e. The van der Waals surface area contributed by atoms with E-state index in [-0.39, 0.29) is 5.75 Å². The summed E-state index contributed by atoms with van der Waals surface area (Å²) in [6.07, 6.45) is 4.30. The van der Waals surface area contributed by atoms with Crippen LogP contribution in [0, 0.1) is 0 Å². The third-order valence-electron chi connectivity index (χ3n) is 3.86. The van der Waals surface area contributed by atoms with Crippen molar-refractivity contribution in [1.29, 1.82) is 0 Å². The third kappa shape index (κ3) is 5.91. The number of aromatic hydroxyl groups is 1. The Morgan fingerprint density at radius 2 is 2.08 bits per heavy atom. The summed E-state index contributed by atoms with van der Waals surface area (Å²) in [6.45, 7) is 2.06. The van der Waals surface area contributed by atoms with Gasteiger partial charge in [0.15, 0.2) is 0 Å². The first-order valence-electron chi connectivity index (χ1n) is 8.32. The maximum Gasteiger partial charge on any atom is 0.132 e. The number of aliphatic hydroxyl groups is 2. The zero-order valence-electron chi connectivity index (χ0n) is 14.2. The van der Waals surface area contributed by atoms with Crippen LogP contribution < -0.4 is 0 Å². The minimum atomic E-state index is -0.817. The van der Waals surface area contributed by atoms with Crippen molar-refractivity contribution in [2.75, 3.05) is 0 Å². The molecule has 0 saturated heterocycles. The molecule has 2 atom stereocenters. The fourth-order valence-electron chi connectivity index (χ4n) is 2.58. The fraction of sp³-hybridized carbons (Fsp3) is 0.350. The van der Waals surface area contributed by atoms with E-state index in [0.717, 1.165) is 22.9 Å². The molecule has 0 aliphatic carbocycles. The number of aliphatic hydroxyl groups excluding tert-OH is 2. The Balaban J connectivity index is 2.06. The van der Waals surface area contributed by atoms with Crippen LogP contribution in [-0.4, -0.2) is 15.3 Å². The van der Waals surface area contributed by atoms with Gasteiger partial charge in [0.25, 0.3) is 0 Å². The van der Waals surface area contributed by atoms with Crippen molar-refractivity contribution in [2.24, 2.45) is 0 Å². The van der Waals surface area contributed by atoms with Crippen molar-refractivity contribution >= 4 is 15.9 Å². The third-order valence-corrected chi connectivity index (χ3v) is 4.35. The number of halogens is 1. The molecule has 1 heterocycles.